The molecule has 0 aliphatic heterocycles. The molecule has 1 aromatic rings. The largest absolute Gasteiger partial charge is 0.355 e. The van der Waals surface area contributed by atoms with Crippen molar-refractivity contribution in [2.45, 2.75) is 57.9 Å². The molecule has 2 N–H and O–H groups in total. The van der Waals surface area contributed by atoms with Crippen molar-refractivity contribution in [1.29, 1.82) is 0 Å². The van der Waals surface area contributed by atoms with Crippen LogP contribution in [0.1, 0.15) is 52.0 Å². The van der Waals surface area contributed by atoms with Gasteiger partial charge in [0.2, 0.25) is 5.91 Å². The molecule has 0 bridgehead atoms. The zero-order valence-electron chi connectivity index (χ0n) is 15.8. The summed E-state index contributed by atoms with van der Waals surface area (Å²) >= 11 is 0. The molecule has 1 aliphatic rings. The molecule has 1 aromatic carbocycles. The highest BCUT2D eigenvalue weighted by atomic mass is 16.1. The fourth-order valence-electron chi connectivity index (χ4n) is 3.10. The molecular weight excluding hydrogens is 312 g/mol. The Bertz CT molecular complexity index is 514. The maximum Gasteiger partial charge on any atom is 0.216 e. The minimum absolute atomic E-state index is 0.0240. The van der Waals surface area contributed by atoms with Crippen LogP contribution in [-0.4, -0.2) is 31.8 Å². The molecule has 0 unspecified atom stereocenters. The average molecular weight is 344 g/mol. The number of benzene rings is 1. The first-order valence-corrected chi connectivity index (χ1v) is 8.96. The van der Waals surface area contributed by atoms with E-state index in [-0.39, 0.29) is 11.3 Å². The molecule has 0 radical (unpaired) electrons. The van der Waals surface area contributed by atoms with Crippen LogP contribution in [0.25, 0.3) is 0 Å². The quantitative estimate of drug-likeness (QED) is 0.637. The Morgan fingerprint density at radius 2 is 1.76 bits per heavy atom. The lowest BCUT2D eigenvalue weighted by molar-refractivity contribution is -0.118. The van der Waals surface area contributed by atoms with Crippen LogP contribution in [0, 0.1) is 12.3 Å². The van der Waals surface area contributed by atoms with Crippen molar-refractivity contribution in [2.24, 2.45) is 0 Å². The summed E-state index contributed by atoms with van der Waals surface area (Å²) in [6.45, 7) is 9.05. The van der Waals surface area contributed by atoms with Crippen LogP contribution in [0.2, 0.25) is 0 Å². The van der Waals surface area contributed by atoms with E-state index in [4.69, 9.17) is 11.2 Å². The minimum atomic E-state index is -0.100. The molecule has 0 atom stereocenters. The van der Waals surface area contributed by atoms with Crippen molar-refractivity contribution in [3.8, 4) is 12.3 Å². The number of rotatable bonds is 5. The fraction of sp³-hybridized carbons (Fsp3) is 0.524. The van der Waals surface area contributed by atoms with Crippen LogP contribution in [0.5, 0.6) is 0 Å². The summed E-state index contributed by atoms with van der Waals surface area (Å²) in [7, 11) is 0. The summed E-state index contributed by atoms with van der Waals surface area (Å²) in [4.78, 5) is 18.8. The van der Waals surface area contributed by atoms with Crippen molar-refractivity contribution in [1.82, 2.24) is 10.6 Å². The predicted molar refractivity (Wildman–Crippen MR) is 104 cm³/mol. The second-order valence-corrected chi connectivity index (χ2v) is 5.80. The molecule has 25 heavy (non-hydrogen) atoms. The first kappa shape index (κ1) is 22.9. The van der Waals surface area contributed by atoms with Gasteiger partial charge >= 0.3 is 0 Å². The second kappa shape index (κ2) is 13.2. The van der Waals surface area contributed by atoms with E-state index in [1.54, 1.807) is 6.92 Å². The molecule has 1 fully saturated rings. The van der Waals surface area contributed by atoms with Gasteiger partial charge in [0.25, 0.3) is 0 Å². The van der Waals surface area contributed by atoms with E-state index >= 15 is 0 Å². The molecule has 0 heterocycles. The lowest BCUT2D eigenvalue weighted by atomic mass is 9.69. The van der Waals surface area contributed by atoms with Crippen molar-refractivity contribution >= 4 is 12.7 Å². The van der Waals surface area contributed by atoms with Gasteiger partial charge < -0.3 is 15.4 Å². The van der Waals surface area contributed by atoms with E-state index in [9.17, 15) is 4.79 Å². The standard InChI is InChI=1S/C18H24N2O.C2H6.CH2O/c1-3-18(16-7-5-4-6-8-16)11-9-17(10-12-18)20-14-13-19-15(2)21;2*1-2/h1,4-8,17,20H,9-14H2,2H3,(H,19,21);1-2H3;1H2. The Labute approximate surface area is 152 Å². The van der Waals surface area contributed by atoms with E-state index in [0.29, 0.717) is 12.6 Å². The molecule has 138 valence electrons. The first-order valence-electron chi connectivity index (χ1n) is 8.96. The Balaban J connectivity index is 0.00000134. The van der Waals surface area contributed by atoms with Gasteiger partial charge in [0.05, 0.1) is 5.41 Å². The van der Waals surface area contributed by atoms with E-state index in [1.165, 1.54) is 5.56 Å². The van der Waals surface area contributed by atoms with Crippen LogP contribution >= 0.6 is 0 Å². The molecular formula is C21H32N2O2. The number of hydrogen-bond acceptors (Lipinski definition) is 3. The van der Waals surface area contributed by atoms with Gasteiger partial charge in [-0.05, 0) is 31.2 Å². The number of carbonyl (C=O) groups is 2. The van der Waals surface area contributed by atoms with Crippen molar-refractivity contribution in [2.75, 3.05) is 13.1 Å². The van der Waals surface area contributed by atoms with Gasteiger partial charge in [-0.3, -0.25) is 4.79 Å². The Kier molecular flexibility index (Phi) is 12.1. The molecule has 2 rings (SSSR count). The smallest absolute Gasteiger partial charge is 0.216 e. The third-order valence-electron chi connectivity index (χ3n) is 4.37. The Morgan fingerprint density at radius 3 is 2.24 bits per heavy atom. The van der Waals surface area contributed by atoms with Crippen LogP contribution in [0.3, 0.4) is 0 Å². The molecule has 0 spiro atoms. The lowest BCUT2D eigenvalue weighted by Gasteiger charge is -2.37. The molecule has 0 aromatic heterocycles. The van der Waals surface area contributed by atoms with E-state index in [1.807, 2.05) is 26.7 Å². The summed E-state index contributed by atoms with van der Waals surface area (Å²) in [6.07, 6.45) is 10.1. The number of terminal acetylenes is 1. The molecule has 0 saturated heterocycles. The molecule has 1 aliphatic carbocycles. The third kappa shape index (κ3) is 7.53. The van der Waals surface area contributed by atoms with Crippen LogP contribution in [0.4, 0.5) is 0 Å². The van der Waals surface area contributed by atoms with Gasteiger partial charge in [-0.2, -0.15) is 0 Å². The maximum absolute atomic E-state index is 10.8. The fourth-order valence-corrected chi connectivity index (χ4v) is 3.10. The maximum atomic E-state index is 10.8. The monoisotopic (exact) mass is 344 g/mol. The highest BCUT2D eigenvalue weighted by molar-refractivity contribution is 5.72. The normalized spacial score (nSPS) is 21.4. The highest BCUT2D eigenvalue weighted by Crippen LogP contribution is 2.38. The lowest BCUT2D eigenvalue weighted by Crippen LogP contribution is -2.41. The molecule has 4 heteroatoms. The third-order valence-corrected chi connectivity index (χ3v) is 4.37. The van der Waals surface area contributed by atoms with E-state index in [0.717, 1.165) is 32.2 Å². The predicted octanol–water partition coefficient (Wildman–Crippen LogP) is 3.07. The van der Waals surface area contributed by atoms with Crippen LogP contribution < -0.4 is 10.6 Å². The zero-order valence-corrected chi connectivity index (χ0v) is 15.8. The number of carbonyl (C=O) groups excluding carboxylic acids is 2. The number of hydrogen-bond donors (Lipinski definition) is 2. The zero-order chi connectivity index (χ0) is 19.1. The summed E-state index contributed by atoms with van der Waals surface area (Å²) in [5, 5.41) is 6.31. The Hall–Kier alpha value is -2.12. The van der Waals surface area contributed by atoms with Gasteiger partial charge in [-0.25, -0.2) is 0 Å². The SMILES string of the molecule is C#CC1(c2ccccc2)CCC(NCCNC(C)=O)CC1.C=O.CC. The minimum Gasteiger partial charge on any atom is -0.355 e. The Morgan fingerprint density at radius 1 is 1.20 bits per heavy atom. The summed E-state index contributed by atoms with van der Waals surface area (Å²) in [5.41, 5.74) is 1.17. The van der Waals surface area contributed by atoms with E-state index in [2.05, 4.69) is 40.8 Å². The van der Waals surface area contributed by atoms with Gasteiger partial charge in [0.15, 0.2) is 0 Å². The number of amides is 1. The van der Waals surface area contributed by atoms with Gasteiger partial charge in [0.1, 0.15) is 6.79 Å². The first-order chi connectivity index (χ1) is 12.2. The summed E-state index contributed by atoms with van der Waals surface area (Å²) in [6, 6.07) is 10.9. The van der Waals surface area contributed by atoms with Crippen LogP contribution in [0.15, 0.2) is 30.3 Å². The van der Waals surface area contributed by atoms with Crippen molar-refractivity contribution < 1.29 is 9.59 Å². The van der Waals surface area contributed by atoms with Crippen molar-refractivity contribution in [3.63, 3.8) is 0 Å². The van der Waals surface area contributed by atoms with Gasteiger partial charge in [0, 0.05) is 26.1 Å². The number of nitrogens with one attached hydrogen (secondary N) is 2. The average Bonchev–Trinajstić information content (AvgIpc) is 2.69. The second-order valence-electron chi connectivity index (χ2n) is 5.80. The summed E-state index contributed by atoms with van der Waals surface area (Å²) in [5.74, 6) is 3.08. The van der Waals surface area contributed by atoms with Crippen molar-refractivity contribution in [3.05, 3.63) is 35.9 Å². The topological polar surface area (TPSA) is 58.2 Å². The van der Waals surface area contributed by atoms with Crippen LogP contribution in [-0.2, 0) is 15.0 Å². The highest BCUT2D eigenvalue weighted by Gasteiger charge is 2.34. The van der Waals surface area contributed by atoms with E-state index < -0.39 is 0 Å². The summed E-state index contributed by atoms with van der Waals surface area (Å²) < 4.78 is 0. The van der Waals surface area contributed by atoms with Gasteiger partial charge in [-0.15, -0.1) is 6.42 Å². The van der Waals surface area contributed by atoms with Gasteiger partial charge in [-0.1, -0.05) is 50.1 Å². The molecule has 1 amide bonds. The molecule has 4 nitrogen and oxygen atoms in total. The molecule has 1 saturated carbocycles.